The van der Waals surface area contributed by atoms with Crippen LogP contribution in [0.25, 0.3) is 0 Å². The highest BCUT2D eigenvalue weighted by molar-refractivity contribution is 7.91. The van der Waals surface area contributed by atoms with Crippen molar-refractivity contribution < 1.29 is 27.4 Å². The number of sulfone groups is 1. The minimum absolute atomic E-state index is 0.00443. The van der Waals surface area contributed by atoms with Gasteiger partial charge < -0.3 is 15.2 Å². The maximum atomic E-state index is 13.4. The van der Waals surface area contributed by atoms with Crippen molar-refractivity contribution in [3.63, 3.8) is 0 Å². The summed E-state index contributed by atoms with van der Waals surface area (Å²) in [5, 5.41) is 20.5. The van der Waals surface area contributed by atoms with Gasteiger partial charge in [-0.1, -0.05) is 0 Å². The summed E-state index contributed by atoms with van der Waals surface area (Å²) in [5.41, 5.74) is -1.39. The van der Waals surface area contributed by atoms with E-state index < -0.39 is 56.6 Å². The number of carbonyl (C=O) groups is 1. The zero-order valence-corrected chi connectivity index (χ0v) is 19.8. The van der Waals surface area contributed by atoms with Crippen molar-refractivity contribution in [2.24, 2.45) is 0 Å². The van der Waals surface area contributed by atoms with Gasteiger partial charge in [-0.25, -0.2) is 17.6 Å². The van der Waals surface area contributed by atoms with Gasteiger partial charge in [0.05, 0.1) is 29.8 Å². The number of carbonyl (C=O) groups excluding carboxylic acids is 1. The lowest BCUT2D eigenvalue weighted by molar-refractivity contribution is -0.0253. The number of rotatable bonds is 9. The molecule has 0 radical (unpaired) electrons. The lowest BCUT2D eigenvalue weighted by Crippen LogP contribution is -2.43. The van der Waals surface area contributed by atoms with Crippen LogP contribution < -0.4 is 16.6 Å². The van der Waals surface area contributed by atoms with E-state index in [0.29, 0.717) is 12.8 Å². The van der Waals surface area contributed by atoms with Gasteiger partial charge in [-0.05, 0) is 38.0 Å². The van der Waals surface area contributed by atoms with Crippen LogP contribution in [0, 0.1) is 24.1 Å². The summed E-state index contributed by atoms with van der Waals surface area (Å²) in [7, 11) is -3.77. The molecule has 0 bridgehead atoms. The predicted molar refractivity (Wildman–Crippen MR) is 122 cm³/mol. The largest absolute Gasteiger partial charge is 0.394 e. The average Bonchev–Trinajstić information content (AvgIpc) is 3.30. The first kappa shape index (κ1) is 26.3. The molecule has 1 aliphatic heterocycles. The van der Waals surface area contributed by atoms with Crippen LogP contribution in [0.1, 0.15) is 40.6 Å². The number of aromatic nitrogens is 2. The lowest BCUT2D eigenvalue weighted by atomic mass is 10.1. The summed E-state index contributed by atoms with van der Waals surface area (Å²) < 4.78 is 46.0. The van der Waals surface area contributed by atoms with Crippen LogP contribution in [0.3, 0.4) is 0 Å². The molecule has 188 valence electrons. The Morgan fingerprint density at radius 2 is 2.06 bits per heavy atom. The maximum Gasteiger partial charge on any atom is 0.333 e. The summed E-state index contributed by atoms with van der Waals surface area (Å²) >= 11 is 0. The van der Waals surface area contributed by atoms with Gasteiger partial charge in [0.2, 0.25) is 0 Å². The number of aliphatic hydroxyl groups is 1. The predicted octanol–water partition coefficient (Wildman–Crippen LogP) is -0.156. The van der Waals surface area contributed by atoms with Gasteiger partial charge in [0.15, 0.2) is 9.84 Å². The van der Waals surface area contributed by atoms with E-state index in [1.807, 2.05) is 0 Å². The van der Waals surface area contributed by atoms with E-state index in [1.54, 1.807) is 6.07 Å². The Balaban J connectivity index is 1.64. The van der Waals surface area contributed by atoms with Gasteiger partial charge in [0.25, 0.3) is 11.5 Å². The van der Waals surface area contributed by atoms with E-state index in [9.17, 15) is 32.3 Å². The van der Waals surface area contributed by atoms with E-state index in [2.05, 4.69) is 5.32 Å². The smallest absolute Gasteiger partial charge is 0.333 e. The quantitative estimate of drug-likeness (QED) is 0.473. The molecule has 0 saturated carbocycles. The van der Waals surface area contributed by atoms with E-state index in [-0.39, 0.29) is 36.4 Å². The van der Waals surface area contributed by atoms with E-state index >= 15 is 0 Å². The molecule has 2 heterocycles. The highest BCUT2D eigenvalue weighted by Crippen LogP contribution is 2.26. The first-order valence-electron chi connectivity index (χ1n) is 10.8. The molecule has 1 fully saturated rings. The summed E-state index contributed by atoms with van der Waals surface area (Å²) in [6.45, 7) is 0.671. The molecule has 0 spiro atoms. The van der Waals surface area contributed by atoms with Crippen molar-refractivity contribution >= 4 is 15.7 Å². The molecule has 1 aliphatic rings. The second kappa shape index (κ2) is 10.9. The maximum absolute atomic E-state index is 13.4. The molecular formula is C22H25FN4O7S. The molecule has 3 rings (SSSR count). The molecule has 2 atom stereocenters. The SMILES string of the molecule is Cc1cn([C@H]2CC[C@@H](CO)O2)c(=O)n(CCS(=O)(=O)CCNC(=O)c2ccc(F)c(C#N)c2)c1=O. The summed E-state index contributed by atoms with van der Waals surface area (Å²) in [6, 6.07) is 4.82. The standard InChI is InChI=1S/C22H25FN4O7S/c1-14-12-27(19-5-3-17(13-28)34-19)22(31)26(21(14)30)7-9-35(32,33)8-6-25-20(29)15-2-4-18(23)16(10-15)11-24/h2,4,10,12,17,19,28H,3,5-9,13H2,1H3,(H,25,29)/t17-,19+/m0/s1. The zero-order chi connectivity index (χ0) is 25.8. The molecule has 2 N–H and O–H groups in total. The van der Waals surface area contributed by atoms with Crippen molar-refractivity contribution in [2.45, 2.75) is 38.6 Å². The number of halogens is 1. The molecule has 0 unspecified atom stereocenters. The van der Waals surface area contributed by atoms with Crippen LogP contribution in [0.15, 0.2) is 34.0 Å². The highest BCUT2D eigenvalue weighted by atomic mass is 32.2. The number of hydrogen-bond acceptors (Lipinski definition) is 8. The van der Waals surface area contributed by atoms with E-state index in [4.69, 9.17) is 10.00 Å². The minimum Gasteiger partial charge on any atom is -0.394 e. The number of aryl methyl sites for hydroxylation is 1. The molecule has 2 aromatic rings. The average molecular weight is 509 g/mol. The van der Waals surface area contributed by atoms with Crippen LogP contribution in [0.4, 0.5) is 4.39 Å². The van der Waals surface area contributed by atoms with E-state index in [0.717, 1.165) is 16.7 Å². The van der Waals surface area contributed by atoms with Crippen LogP contribution >= 0.6 is 0 Å². The number of aliphatic hydroxyl groups excluding tert-OH is 1. The van der Waals surface area contributed by atoms with Crippen molar-refractivity contribution in [3.8, 4) is 6.07 Å². The Morgan fingerprint density at radius 1 is 1.31 bits per heavy atom. The molecule has 13 heteroatoms. The number of benzene rings is 1. The Morgan fingerprint density at radius 3 is 2.71 bits per heavy atom. The lowest BCUT2D eigenvalue weighted by Gasteiger charge is -2.17. The number of nitrogens with zero attached hydrogens (tertiary/aromatic N) is 3. The van der Waals surface area contributed by atoms with Gasteiger partial charge in [0, 0.05) is 30.4 Å². The second-order valence-corrected chi connectivity index (χ2v) is 10.4. The second-order valence-electron chi connectivity index (χ2n) is 8.15. The summed E-state index contributed by atoms with van der Waals surface area (Å²) in [4.78, 5) is 37.5. The molecule has 1 aromatic heterocycles. The third-order valence-electron chi connectivity index (χ3n) is 5.64. The Bertz CT molecular complexity index is 1380. The molecule has 1 saturated heterocycles. The van der Waals surface area contributed by atoms with Crippen molar-refractivity contribution in [3.05, 3.63) is 67.7 Å². The van der Waals surface area contributed by atoms with Gasteiger partial charge in [0.1, 0.15) is 18.1 Å². The van der Waals surface area contributed by atoms with Crippen molar-refractivity contribution in [1.82, 2.24) is 14.5 Å². The number of amides is 1. The zero-order valence-electron chi connectivity index (χ0n) is 18.9. The Hall–Kier alpha value is -3.34. The third kappa shape index (κ3) is 6.21. The van der Waals surface area contributed by atoms with Gasteiger partial charge in [-0.2, -0.15) is 5.26 Å². The highest BCUT2D eigenvalue weighted by Gasteiger charge is 2.28. The number of hydrogen-bond donors (Lipinski definition) is 2. The first-order chi connectivity index (χ1) is 16.6. The fraction of sp³-hybridized carbons (Fsp3) is 0.455. The van der Waals surface area contributed by atoms with Crippen LogP contribution in [0.2, 0.25) is 0 Å². The fourth-order valence-corrected chi connectivity index (χ4v) is 4.77. The molecule has 1 amide bonds. The first-order valence-corrected chi connectivity index (χ1v) is 12.7. The van der Waals surface area contributed by atoms with Crippen LogP contribution in [-0.2, 0) is 21.1 Å². The Labute approximate surface area is 200 Å². The monoisotopic (exact) mass is 508 g/mol. The molecular weight excluding hydrogens is 483 g/mol. The minimum atomic E-state index is -3.77. The number of ether oxygens (including phenoxy) is 1. The van der Waals surface area contributed by atoms with Crippen LogP contribution in [-0.4, -0.2) is 59.3 Å². The third-order valence-corrected chi connectivity index (χ3v) is 7.27. The molecule has 0 aliphatic carbocycles. The van der Waals surface area contributed by atoms with Gasteiger partial charge in [-0.15, -0.1) is 0 Å². The fourth-order valence-electron chi connectivity index (χ4n) is 3.69. The normalized spacial score (nSPS) is 17.8. The molecule has 1 aromatic carbocycles. The molecule has 35 heavy (non-hydrogen) atoms. The number of nitriles is 1. The topological polar surface area (TPSA) is 160 Å². The summed E-state index contributed by atoms with van der Waals surface area (Å²) in [6.07, 6.45) is 1.30. The van der Waals surface area contributed by atoms with Crippen LogP contribution in [0.5, 0.6) is 0 Å². The van der Waals surface area contributed by atoms with Crippen molar-refractivity contribution in [2.75, 3.05) is 24.7 Å². The van der Waals surface area contributed by atoms with Crippen molar-refractivity contribution in [1.29, 1.82) is 5.26 Å². The van der Waals surface area contributed by atoms with Gasteiger partial charge >= 0.3 is 5.69 Å². The summed E-state index contributed by atoms with van der Waals surface area (Å²) in [5.74, 6) is -2.41. The van der Waals surface area contributed by atoms with Gasteiger partial charge in [-0.3, -0.25) is 18.7 Å². The van der Waals surface area contributed by atoms with E-state index in [1.165, 1.54) is 23.8 Å². The Kier molecular flexibility index (Phi) is 8.21. The molecule has 11 nitrogen and oxygen atoms in total. The number of nitrogens with one attached hydrogen (secondary N) is 1.